The average Bonchev–Trinajstić information content (AvgIpc) is 2.91. The molecule has 0 spiro atoms. The van der Waals surface area contributed by atoms with Crippen LogP contribution in [-0.4, -0.2) is 104 Å². The van der Waals surface area contributed by atoms with Gasteiger partial charge < -0.3 is 25.5 Å². The second kappa shape index (κ2) is 10.4. The molecule has 1 heterocycles. The second-order valence-electron chi connectivity index (χ2n) is 12.4. The summed E-state index contributed by atoms with van der Waals surface area (Å²) in [5.74, 6) is -10.2. The summed E-state index contributed by atoms with van der Waals surface area (Å²) in [4.78, 5) is 43.1. The van der Waals surface area contributed by atoms with Crippen molar-refractivity contribution in [2.75, 3.05) is 27.2 Å². The van der Waals surface area contributed by atoms with E-state index in [1.807, 2.05) is 0 Å². The number of fused-ring (bicyclic) bond motifs is 3. The van der Waals surface area contributed by atoms with Crippen LogP contribution in [0.15, 0.2) is 34.8 Å². The number of hydrogen-bond acceptors (Lipinski definition) is 10. The van der Waals surface area contributed by atoms with Crippen molar-refractivity contribution in [2.45, 2.75) is 63.1 Å². The van der Waals surface area contributed by atoms with Crippen molar-refractivity contribution < 1.29 is 53.1 Å². The van der Waals surface area contributed by atoms with Gasteiger partial charge in [-0.05, 0) is 58.4 Å². The zero-order valence-electron chi connectivity index (χ0n) is 24.1. The largest absolute Gasteiger partial charge is 0.510 e. The predicted molar refractivity (Wildman–Crippen MR) is 145 cm³/mol. The normalized spacial score (nSPS) is 32.2. The monoisotopic (exact) mass is 608 g/mol. The first-order valence-corrected chi connectivity index (χ1v) is 14.1. The molecule has 10 nitrogen and oxygen atoms in total. The molecule has 234 valence electrons. The van der Waals surface area contributed by atoms with Gasteiger partial charge >= 0.3 is 6.18 Å². The molecule has 5 rings (SSSR count). The third-order valence-electron chi connectivity index (χ3n) is 9.76. The van der Waals surface area contributed by atoms with Gasteiger partial charge in [-0.1, -0.05) is 19.1 Å². The quantitative estimate of drug-likeness (QED) is 0.322. The fourth-order valence-corrected chi connectivity index (χ4v) is 7.56. The highest BCUT2D eigenvalue weighted by atomic mass is 19.4. The molecule has 0 aromatic heterocycles. The van der Waals surface area contributed by atoms with Crippen LogP contribution in [0.2, 0.25) is 0 Å². The number of likely N-dealkylation sites (N-methyl/N-ethyl adjacent to an activating group) is 1. The minimum absolute atomic E-state index is 0.0590. The van der Waals surface area contributed by atoms with Crippen molar-refractivity contribution in [3.8, 4) is 5.75 Å². The molecule has 0 radical (unpaired) electrons. The number of aliphatic hydroxyl groups is 4. The lowest BCUT2D eigenvalue weighted by Crippen LogP contribution is -2.68. The van der Waals surface area contributed by atoms with Gasteiger partial charge in [-0.3, -0.25) is 24.2 Å². The number of phenols is 1. The first-order chi connectivity index (χ1) is 19.9. The molecule has 1 aliphatic heterocycles. The van der Waals surface area contributed by atoms with E-state index in [-0.39, 0.29) is 43.6 Å². The van der Waals surface area contributed by atoms with Crippen LogP contribution in [0.5, 0.6) is 5.75 Å². The van der Waals surface area contributed by atoms with E-state index < -0.39 is 93.4 Å². The van der Waals surface area contributed by atoms with E-state index in [2.05, 4.69) is 0 Å². The number of hydrogen-bond donors (Lipinski definition) is 5. The summed E-state index contributed by atoms with van der Waals surface area (Å²) in [7, 11) is 2.99. The van der Waals surface area contributed by atoms with E-state index in [4.69, 9.17) is 0 Å². The van der Waals surface area contributed by atoms with Gasteiger partial charge in [0.25, 0.3) is 0 Å². The number of carbonyl (C=O) groups excluding carboxylic acids is 3. The Kier molecular flexibility index (Phi) is 7.56. The lowest BCUT2D eigenvalue weighted by Gasteiger charge is -2.53. The van der Waals surface area contributed by atoms with Crippen LogP contribution in [0.4, 0.5) is 13.2 Å². The molecule has 1 fully saturated rings. The van der Waals surface area contributed by atoms with E-state index in [1.54, 1.807) is 24.0 Å². The van der Waals surface area contributed by atoms with Gasteiger partial charge in [-0.2, -0.15) is 13.2 Å². The van der Waals surface area contributed by atoms with Gasteiger partial charge in [-0.25, -0.2) is 0 Å². The lowest BCUT2D eigenvalue weighted by molar-refractivity contribution is -0.185. The maximum absolute atomic E-state index is 14.0. The van der Waals surface area contributed by atoms with Crippen molar-refractivity contribution in [1.82, 2.24) is 9.80 Å². The highest BCUT2D eigenvalue weighted by Gasteiger charge is 2.67. The first kappa shape index (κ1) is 31.2. The minimum atomic E-state index is -4.28. The molecule has 1 aromatic carbocycles. The van der Waals surface area contributed by atoms with Crippen molar-refractivity contribution >= 4 is 17.3 Å². The summed E-state index contributed by atoms with van der Waals surface area (Å²) in [5.41, 5.74) is -3.78. The SMILES string of the molecule is CC(=O)C1=C(O)[C@@H](N(C)C)C2[C@@H](O)C3C(=C(O)[C@]2(O)C1=O)C(=O)c1c(ccc(CN2CCC(C(F)(F)F)CC2)c1O)[C@@H]3C. The number of aliphatic hydroxyl groups excluding tert-OH is 3. The molecular weight excluding hydrogens is 573 g/mol. The van der Waals surface area contributed by atoms with Crippen LogP contribution in [0.25, 0.3) is 0 Å². The number of likely N-dealkylation sites (tertiary alicyclic amines) is 1. The highest BCUT2D eigenvalue weighted by molar-refractivity contribution is 6.25. The Hall–Kier alpha value is -3.26. The van der Waals surface area contributed by atoms with Gasteiger partial charge in [0.05, 0.1) is 29.5 Å². The number of nitrogens with zero attached hydrogens (tertiary/aromatic N) is 2. The predicted octanol–water partition coefficient (Wildman–Crippen LogP) is 2.53. The number of halogens is 3. The van der Waals surface area contributed by atoms with Crippen LogP contribution < -0.4 is 0 Å². The molecule has 1 saturated heterocycles. The minimum Gasteiger partial charge on any atom is -0.510 e. The van der Waals surface area contributed by atoms with Crippen LogP contribution in [-0.2, 0) is 16.1 Å². The van der Waals surface area contributed by atoms with Crippen LogP contribution in [0.1, 0.15) is 54.1 Å². The third-order valence-corrected chi connectivity index (χ3v) is 9.76. The number of rotatable bonds is 4. The number of aromatic hydroxyl groups is 1. The Morgan fingerprint density at radius 3 is 2.26 bits per heavy atom. The summed E-state index contributed by atoms with van der Waals surface area (Å²) in [5, 5.41) is 57.2. The Bertz CT molecular complexity index is 1460. The number of piperidine rings is 1. The maximum atomic E-state index is 14.0. The van der Waals surface area contributed by atoms with Crippen molar-refractivity contribution in [3.63, 3.8) is 0 Å². The summed E-state index contributed by atoms with van der Waals surface area (Å²) in [6, 6.07) is 1.87. The maximum Gasteiger partial charge on any atom is 0.391 e. The first-order valence-electron chi connectivity index (χ1n) is 14.1. The summed E-state index contributed by atoms with van der Waals surface area (Å²) in [6.07, 6.45) is -6.14. The lowest BCUT2D eigenvalue weighted by atomic mass is 9.55. The van der Waals surface area contributed by atoms with Gasteiger partial charge in [0.1, 0.15) is 22.8 Å². The number of benzene rings is 1. The standard InChI is InChI=1S/C30H35F3N2O8/c1-12-16-6-5-14(11-35-9-7-15(8-10-35)30(31,32)33)23(37)19(16)24(38)20-17(12)25(39)21-22(34(3)4)26(40)18(13(2)36)27(41)29(21,43)28(20)42/h5-6,12,15,17,21-22,25,37,39-40,42-43H,7-11H2,1-4H3/t12-,17?,21?,22-,25-,29+/m0/s1. The van der Waals surface area contributed by atoms with E-state index in [0.29, 0.717) is 5.56 Å². The summed E-state index contributed by atoms with van der Waals surface area (Å²) < 4.78 is 39.3. The Morgan fingerprint density at radius 2 is 1.72 bits per heavy atom. The molecular formula is C30H35F3N2O8. The number of alkyl halides is 3. The zero-order chi connectivity index (χ0) is 31.9. The molecule has 6 atom stereocenters. The number of phenolic OH excluding ortho intramolecular Hbond substituents is 1. The highest BCUT2D eigenvalue weighted by Crippen LogP contribution is 2.55. The van der Waals surface area contributed by atoms with Gasteiger partial charge in [0.15, 0.2) is 17.2 Å². The van der Waals surface area contributed by atoms with Crippen LogP contribution >= 0.6 is 0 Å². The van der Waals surface area contributed by atoms with Crippen LogP contribution in [0, 0.1) is 17.8 Å². The van der Waals surface area contributed by atoms with E-state index >= 15 is 0 Å². The average molecular weight is 609 g/mol. The number of Topliss-reactive ketones (excluding diaryl/α,β-unsaturated/α-hetero) is 3. The number of ketones is 3. The van der Waals surface area contributed by atoms with Crippen LogP contribution in [0.3, 0.4) is 0 Å². The Labute approximate surface area is 245 Å². The molecule has 1 aromatic rings. The van der Waals surface area contributed by atoms with Gasteiger partial charge in [0, 0.05) is 23.6 Å². The molecule has 0 amide bonds. The molecule has 3 aliphatic carbocycles. The van der Waals surface area contributed by atoms with E-state index in [9.17, 15) is 53.1 Å². The smallest absolute Gasteiger partial charge is 0.391 e. The molecule has 2 unspecified atom stereocenters. The Balaban J connectivity index is 1.58. The summed E-state index contributed by atoms with van der Waals surface area (Å²) >= 11 is 0. The van der Waals surface area contributed by atoms with E-state index in [1.165, 1.54) is 19.0 Å². The second-order valence-corrected chi connectivity index (χ2v) is 12.4. The van der Waals surface area contributed by atoms with Crippen molar-refractivity contribution in [3.05, 3.63) is 51.5 Å². The number of carbonyl (C=O) groups is 3. The topological polar surface area (TPSA) is 159 Å². The van der Waals surface area contributed by atoms with Gasteiger partial charge in [0.2, 0.25) is 5.78 Å². The molecule has 13 heteroatoms. The molecule has 4 aliphatic rings. The molecule has 5 N–H and O–H groups in total. The van der Waals surface area contributed by atoms with Gasteiger partial charge in [-0.15, -0.1) is 0 Å². The molecule has 0 saturated carbocycles. The zero-order valence-corrected chi connectivity index (χ0v) is 24.1. The third kappa shape index (κ3) is 4.50. The fraction of sp³-hybridized carbons (Fsp3) is 0.567. The van der Waals surface area contributed by atoms with Crippen molar-refractivity contribution in [2.24, 2.45) is 17.8 Å². The summed E-state index contributed by atoms with van der Waals surface area (Å²) in [6.45, 7) is 2.97. The Morgan fingerprint density at radius 1 is 1.12 bits per heavy atom. The molecule has 43 heavy (non-hydrogen) atoms. The molecule has 0 bridgehead atoms. The van der Waals surface area contributed by atoms with E-state index in [0.717, 1.165) is 6.92 Å². The van der Waals surface area contributed by atoms with Crippen molar-refractivity contribution in [1.29, 1.82) is 0 Å². The fourth-order valence-electron chi connectivity index (χ4n) is 7.56.